The number of rotatable bonds is 5. The quantitative estimate of drug-likeness (QED) is 0.789. The molecule has 1 aromatic heterocycles. The number of benzene rings is 1. The van der Waals surface area contributed by atoms with Gasteiger partial charge in [-0.3, -0.25) is 0 Å². The van der Waals surface area contributed by atoms with Crippen LogP contribution in [0.15, 0.2) is 30.3 Å². The van der Waals surface area contributed by atoms with Gasteiger partial charge < -0.3 is 9.47 Å². The molecule has 0 saturated carbocycles. The van der Waals surface area contributed by atoms with Gasteiger partial charge in [-0.2, -0.15) is 10.2 Å². The van der Waals surface area contributed by atoms with Gasteiger partial charge in [-0.05, 0) is 26.3 Å². The minimum absolute atomic E-state index is 0.104. The molecule has 0 amide bonds. The molecule has 6 heteroatoms. The van der Waals surface area contributed by atoms with E-state index in [2.05, 4.69) is 10.2 Å². The number of carbonyl (C=O) groups excluding carboxylic acids is 2. The summed E-state index contributed by atoms with van der Waals surface area (Å²) in [4.78, 5) is 24.5. The number of hydrogen-bond acceptors (Lipinski definition) is 6. The second kappa shape index (κ2) is 7.49. The fraction of sp³-hybridized carbons (Fsp3) is 0.294. The Morgan fingerprint density at radius 1 is 0.913 bits per heavy atom. The highest BCUT2D eigenvalue weighted by Crippen LogP contribution is 2.18. The maximum Gasteiger partial charge on any atom is 0.341 e. The summed E-state index contributed by atoms with van der Waals surface area (Å²) in [5.41, 5.74) is 1.73. The molecule has 0 aliphatic rings. The number of hydrogen-bond donors (Lipinski definition) is 0. The second-order valence-electron chi connectivity index (χ2n) is 4.90. The first-order valence-electron chi connectivity index (χ1n) is 7.26. The molecule has 2 rings (SSSR count). The van der Waals surface area contributed by atoms with Gasteiger partial charge in [0.25, 0.3) is 0 Å². The molecule has 0 unspecified atom stereocenters. The average Bonchev–Trinajstić information content (AvgIpc) is 2.55. The minimum Gasteiger partial charge on any atom is -0.462 e. The molecule has 0 bridgehead atoms. The highest BCUT2D eigenvalue weighted by molar-refractivity contribution is 6.04. The first-order chi connectivity index (χ1) is 11.0. The monoisotopic (exact) mass is 314 g/mol. The van der Waals surface area contributed by atoms with Crippen LogP contribution in [0.5, 0.6) is 0 Å². The molecular weight excluding hydrogens is 296 g/mol. The predicted molar refractivity (Wildman–Crippen MR) is 83.0 cm³/mol. The largest absolute Gasteiger partial charge is 0.462 e. The second-order valence-corrected chi connectivity index (χ2v) is 4.90. The maximum absolute atomic E-state index is 12.4. The zero-order chi connectivity index (χ0) is 16.8. The predicted octanol–water partition coefficient (Wildman–Crippen LogP) is 2.63. The van der Waals surface area contributed by atoms with Crippen molar-refractivity contribution in [2.75, 3.05) is 6.61 Å². The van der Waals surface area contributed by atoms with Crippen LogP contribution >= 0.6 is 0 Å². The van der Waals surface area contributed by atoms with Gasteiger partial charge in [0.05, 0.1) is 29.1 Å². The molecule has 0 saturated heterocycles. The van der Waals surface area contributed by atoms with Crippen LogP contribution < -0.4 is 0 Å². The van der Waals surface area contributed by atoms with Crippen molar-refractivity contribution >= 4 is 11.9 Å². The van der Waals surface area contributed by atoms with Crippen LogP contribution in [0.3, 0.4) is 0 Å². The van der Waals surface area contributed by atoms with Crippen molar-refractivity contribution in [1.29, 1.82) is 0 Å². The molecule has 120 valence electrons. The van der Waals surface area contributed by atoms with Crippen molar-refractivity contribution < 1.29 is 19.1 Å². The van der Waals surface area contributed by atoms with E-state index in [9.17, 15) is 9.59 Å². The molecule has 2 aromatic rings. The molecule has 0 aliphatic carbocycles. The average molecular weight is 314 g/mol. The summed E-state index contributed by atoms with van der Waals surface area (Å²) in [6.07, 6.45) is 0. The van der Waals surface area contributed by atoms with E-state index in [1.807, 2.05) is 30.3 Å². The summed E-state index contributed by atoms with van der Waals surface area (Å²) in [6.45, 7) is 5.23. The summed E-state index contributed by atoms with van der Waals surface area (Å²) in [5.74, 6) is -1.22. The molecular formula is C17H18N2O4. The third-order valence-electron chi connectivity index (χ3n) is 3.22. The summed E-state index contributed by atoms with van der Waals surface area (Å²) in [7, 11) is 0. The first-order valence-corrected chi connectivity index (χ1v) is 7.26. The van der Waals surface area contributed by atoms with E-state index in [0.717, 1.165) is 5.56 Å². The molecule has 0 spiro atoms. The summed E-state index contributed by atoms with van der Waals surface area (Å²) >= 11 is 0. The lowest BCUT2D eigenvalue weighted by Gasteiger charge is -2.12. The molecule has 0 radical (unpaired) electrons. The topological polar surface area (TPSA) is 78.4 Å². The standard InChI is InChI=1S/C17H18N2O4/c1-4-22-16(20)14-11(2)18-19-12(3)15(14)17(21)23-10-13-8-6-5-7-9-13/h5-9H,4,10H2,1-3H3. The van der Waals surface area contributed by atoms with Gasteiger partial charge in [-0.25, -0.2) is 9.59 Å². The SMILES string of the molecule is CCOC(=O)c1c(C)nnc(C)c1C(=O)OCc1ccccc1. The van der Waals surface area contributed by atoms with E-state index < -0.39 is 11.9 Å². The number of aromatic nitrogens is 2. The van der Waals surface area contributed by atoms with Crippen molar-refractivity contribution in [1.82, 2.24) is 10.2 Å². The zero-order valence-electron chi connectivity index (χ0n) is 13.3. The van der Waals surface area contributed by atoms with Gasteiger partial charge in [0.2, 0.25) is 0 Å². The molecule has 0 fully saturated rings. The first kappa shape index (κ1) is 16.6. The highest BCUT2D eigenvalue weighted by Gasteiger charge is 2.26. The van der Waals surface area contributed by atoms with Gasteiger partial charge in [0.1, 0.15) is 6.61 Å². The third-order valence-corrected chi connectivity index (χ3v) is 3.22. The molecule has 23 heavy (non-hydrogen) atoms. The lowest BCUT2D eigenvalue weighted by atomic mass is 10.1. The Labute approximate surface area is 134 Å². The van der Waals surface area contributed by atoms with E-state index >= 15 is 0 Å². The van der Waals surface area contributed by atoms with Crippen LogP contribution in [-0.4, -0.2) is 28.7 Å². The number of carbonyl (C=O) groups is 2. The highest BCUT2D eigenvalue weighted by atomic mass is 16.5. The Kier molecular flexibility index (Phi) is 5.41. The summed E-state index contributed by atoms with van der Waals surface area (Å²) in [6, 6.07) is 9.29. The van der Waals surface area contributed by atoms with Crippen molar-refractivity contribution in [3.8, 4) is 0 Å². The van der Waals surface area contributed by atoms with Crippen LogP contribution in [0.4, 0.5) is 0 Å². The zero-order valence-corrected chi connectivity index (χ0v) is 13.3. The van der Waals surface area contributed by atoms with Crippen LogP contribution in [0.25, 0.3) is 0 Å². The molecule has 0 N–H and O–H groups in total. The fourth-order valence-corrected chi connectivity index (χ4v) is 2.11. The van der Waals surface area contributed by atoms with E-state index in [1.165, 1.54) is 0 Å². The minimum atomic E-state index is -0.618. The third kappa shape index (κ3) is 3.91. The van der Waals surface area contributed by atoms with Gasteiger partial charge >= 0.3 is 11.9 Å². The van der Waals surface area contributed by atoms with Crippen molar-refractivity contribution in [2.24, 2.45) is 0 Å². The Balaban J connectivity index is 2.28. The molecule has 1 heterocycles. The Hall–Kier alpha value is -2.76. The van der Waals surface area contributed by atoms with Crippen molar-refractivity contribution in [3.63, 3.8) is 0 Å². The fourth-order valence-electron chi connectivity index (χ4n) is 2.11. The van der Waals surface area contributed by atoms with Crippen LogP contribution in [-0.2, 0) is 16.1 Å². The van der Waals surface area contributed by atoms with E-state index in [1.54, 1.807) is 20.8 Å². The normalized spacial score (nSPS) is 10.2. The molecule has 1 aromatic carbocycles. The number of nitrogens with zero attached hydrogens (tertiary/aromatic N) is 2. The summed E-state index contributed by atoms with van der Waals surface area (Å²) in [5, 5.41) is 7.78. The number of ether oxygens (including phenoxy) is 2. The van der Waals surface area contributed by atoms with Crippen LogP contribution in [0.2, 0.25) is 0 Å². The van der Waals surface area contributed by atoms with E-state index in [0.29, 0.717) is 11.4 Å². The lowest BCUT2D eigenvalue weighted by Crippen LogP contribution is -2.19. The number of esters is 2. The van der Waals surface area contributed by atoms with Crippen molar-refractivity contribution in [2.45, 2.75) is 27.4 Å². The van der Waals surface area contributed by atoms with Crippen LogP contribution in [0, 0.1) is 13.8 Å². The smallest absolute Gasteiger partial charge is 0.341 e. The van der Waals surface area contributed by atoms with Gasteiger partial charge in [0, 0.05) is 0 Å². The van der Waals surface area contributed by atoms with E-state index in [-0.39, 0.29) is 24.3 Å². The van der Waals surface area contributed by atoms with Gasteiger partial charge in [0.15, 0.2) is 0 Å². The molecule has 0 aliphatic heterocycles. The Morgan fingerprint density at radius 2 is 1.43 bits per heavy atom. The van der Waals surface area contributed by atoms with E-state index in [4.69, 9.17) is 9.47 Å². The molecule has 6 nitrogen and oxygen atoms in total. The Bertz CT molecular complexity index is 714. The van der Waals surface area contributed by atoms with Crippen molar-refractivity contribution in [3.05, 3.63) is 58.4 Å². The van der Waals surface area contributed by atoms with Crippen LogP contribution in [0.1, 0.15) is 44.6 Å². The maximum atomic E-state index is 12.4. The Morgan fingerprint density at radius 3 is 1.96 bits per heavy atom. The molecule has 0 atom stereocenters. The summed E-state index contributed by atoms with van der Waals surface area (Å²) < 4.78 is 10.3. The van der Waals surface area contributed by atoms with Gasteiger partial charge in [-0.15, -0.1) is 0 Å². The number of aryl methyl sites for hydroxylation is 2. The lowest BCUT2D eigenvalue weighted by molar-refractivity contribution is 0.0442. The van der Waals surface area contributed by atoms with Gasteiger partial charge in [-0.1, -0.05) is 30.3 Å².